The van der Waals surface area contributed by atoms with E-state index in [-0.39, 0.29) is 11.6 Å². The number of hydrogen-bond donors (Lipinski definition) is 2. The summed E-state index contributed by atoms with van der Waals surface area (Å²) in [6.07, 6.45) is 2.20. The van der Waals surface area contributed by atoms with E-state index in [1.165, 1.54) is 12.3 Å². The van der Waals surface area contributed by atoms with Gasteiger partial charge in [-0.1, -0.05) is 30.3 Å². The summed E-state index contributed by atoms with van der Waals surface area (Å²) in [6, 6.07) is 14.7. The molecule has 0 aliphatic heterocycles. The van der Waals surface area contributed by atoms with Gasteiger partial charge in [-0.2, -0.15) is 4.98 Å². The van der Waals surface area contributed by atoms with Crippen molar-refractivity contribution in [3.05, 3.63) is 76.5 Å². The zero-order valence-corrected chi connectivity index (χ0v) is 12.3. The number of nitrogens with one attached hydrogen (secondary N) is 2. The lowest BCUT2D eigenvalue weighted by molar-refractivity contribution is 0.0948. The van der Waals surface area contributed by atoms with Crippen molar-refractivity contribution in [2.24, 2.45) is 0 Å². The van der Waals surface area contributed by atoms with Gasteiger partial charge in [-0.3, -0.25) is 4.79 Å². The van der Waals surface area contributed by atoms with Crippen molar-refractivity contribution in [1.29, 1.82) is 0 Å². The normalized spacial score (nSPS) is 10.4. The van der Waals surface area contributed by atoms with Crippen LogP contribution in [0.3, 0.4) is 0 Å². The van der Waals surface area contributed by atoms with Crippen LogP contribution >= 0.6 is 0 Å². The molecule has 0 spiro atoms. The summed E-state index contributed by atoms with van der Waals surface area (Å²) in [5, 5.41) is 2.76. The number of H-pyrrole nitrogens is 1. The molecule has 1 amide bonds. The van der Waals surface area contributed by atoms with Crippen molar-refractivity contribution >= 4 is 5.91 Å². The van der Waals surface area contributed by atoms with Gasteiger partial charge in [0.1, 0.15) is 11.5 Å². The third kappa shape index (κ3) is 3.74. The highest BCUT2D eigenvalue weighted by molar-refractivity contribution is 5.92. The zero-order valence-electron chi connectivity index (χ0n) is 12.3. The smallest absolute Gasteiger partial charge is 0.346 e. The summed E-state index contributed by atoms with van der Waals surface area (Å²) < 4.78 is 5.22. The molecule has 0 radical (unpaired) electrons. The number of nitrogens with zero attached hydrogens (tertiary/aromatic N) is 1. The second-order valence-electron chi connectivity index (χ2n) is 4.95. The fraction of sp³-hybridized carbons (Fsp3) is 0.118. The molecule has 0 fully saturated rings. The molecule has 3 aromatic rings. The summed E-state index contributed by atoms with van der Waals surface area (Å²) >= 11 is 0. The Labute approximate surface area is 132 Å². The van der Waals surface area contributed by atoms with Crippen molar-refractivity contribution in [2.75, 3.05) is 6.54 Å². The molecule has 23 heavy (non-hydrogen) atoms. The molecule has 0 aliphatic rings. The van der Waals surface area contributed by atoms with Crippen molar-refractivity contribution in [1.82, 2.24) is 15.3 Å². The van der Waals surface area contributed by atoms with Crippen molar-refractivity contribution in [3.63, 3.8) is 0 Å². The average molecular weight is 309 g/mol. The lowest BCUT2D eigenvalue weighted by atomic mass is 10.1. The number of aromatic amines is 1. The number of furan rings is 1. The van der Waals surface area contributed by atoms with E-state index in [0.29, 0.717) is 24.4 Å². The maximum Gasteiger partial charge on any atom is 0.346 e. The van der Waals surface area contributed by atoms with Crippen molar-refractivity contribution in [3.8, 4) is 11.5 Å². The van der Waals surface area contributed by atoms with E-state index < -0.39 is 5.69 Å². The minimum atomic E-state index is -0.591. The molecular weight excluding hydrogens is 294 g/mol. The Morgan fingerprint density at radius 1 is 1.17 bits per heavy atom. The average Bonchev–Trinajstić information content (AvgIpc) is 3.10. The van der Waals surface area contributed by atoms with Gasteiger partial charge in [-0.25, -0.2) is 4.79 Å². The molecule has 0 atom stereocenters. The fourth-order valence-corrected chi connectivity index (χ4v) is 2.19. The highest BCUT2D eigenvalue weighted by Crippen LogP contribution is 2.16. The van der Waals surface area contributed by atoms with E-state index in [1.807, 2.05) is 30.3 Å². The van der Waals surface area contributed by atoms with Crippen LogP contribution in [0.2, 0.25) is 0 Å². The van der Waals surface area contributed by atoms with Crippen LogP contribution in [0.4, 0.5) is 0 Å². The van der Waals surface area contributed by atoms with Gasteiger partial charge >= 0.3 is 5.69 Å². The predicted molar refractivity (Wildman–Crippen MR) is 85.0 cm³/mol. The number of benzene rings is 1. The molecule has 1 aromatic carbocycles. The van der Waals surface area contributed by atoms with Crippen molar-refractivity contribution in [2.45, 2.75) is 6.42 Å². The molecule has 0 aliphatic carbocycles. The number of rotatable bonds is 5. The Bertz CT molecular complexity index is 839. The second kappa shape index (κ2) is 6.74. The summed E-state index contributed by atoms with van der Waals surface area (Å²) in [5.41, 5.74) is 1.02. The third-order valence-electron chi connectivity index (χ3n) is 3.31. The Balaban J connectivity index is 1.69. The summed E-state index contributed by atoms with van der Waals surface area (Å²) in [4.78, 5) is 30.0. The van der Waals surface area contributed by atoms with Gasteiger partial charge in [0.25, 0.3) is 5.91 Å². The van der Waals surface area contributed by atoms with Crippen LogP contribution in [-0.4, -0.2) is 22.4 Å². The molecule has 2 aromatic heterocycles. The van der Waals surface area contributed by atoms with Gasteiger partial charge in [0.15, 0.2) is 0 Å². The van der Waals surface area contributed by atoms with Crippen molar-refractivity contribution < 1.29 is 9.21 Å². The molecule has 2 heterocycles. The van der Waals surface area contributed by atoms with Gasteiger partial charge in [0.2, 0.25) is 0 Å². The molecule has 0 unspecified atom stereocenters. The Kier molecular flexibility index (Phi) is 4.33. The van der Waals surface area contributed by atoms with Crippen LogP contribution in [0.1, 0.15) is 16.1 Å². The number of aromatic nitrogens is 2. The van der Waals surface area contributed by atoms with Crippen LogP contribution in [0.25, 0.3) is 11.5 Å². The summed E-state index contributed by atoms with van der Waals surface area (Å²) in [7, 11) is 0. The largest absolute Gasteiger partial charge is 0.463 e. The van der Waals surface area contributed by atoms with E-state index in [0.717, 1.165) is 5.56 Å². The minimum absolute atomic E-state index is 0.0632. The van der Waals surface area contributed by atoms with Gasteiger partial charge in [-0.15, -0.1) is 0 Å². The molecule has 2 N–H and O–H groups in total. The fourth-order valence-electron chi connectivity index (χ4n) is 2.19. The molecule has 6 nitrogen and oxygen atoms in total. The SMILES string of the molecule is O=C(NCCc1ccccc1)c1cc(-c2ccco2)[nH]c(=O)n1. The maximum absolute atomic E-state index is 12.2. The van der Waals surface area contributed by atoms with Crippen LogP contribution in [0.5, 0.6) is 0 Å². The van der Waals surface area contributed by atoms with E-state index >= 15 is 0 Å². The van der Waals surface area contributed by atoms with Gasteiger partial charge in [0, 0.05) is 6.54 Å². The molecule has 3 rings (SSSR count). The molecule has 0 saturated carbocycles. The lowest BCUT2D eigenvalue weighted by Crippen LogP contribution is -2.29. The third-order valence-corrected chi connectivity index (χ3v) is 3.31. The van der Waals surface area contributed by atoms with E-state index in [1.54, 1.807) is 12.1 Å². The predicted octanol–water partition coefficient (Wildman–Crippen LogP) is 2.00. The number of hydrogen-bond acceptors (Lipinski definition) is 4. The molecule has 6 heteroatoms. The van der Waals surface area contributed by atoms with Crippen LogP contribution in [-0.2, 0) is 6.42 Å². The zero-order chi connectivity index (χ0) is 16.1. The molecular formula is C17H15N3O3. The Hall–Kier alpha value is -3.15. The summed E-state index contributed by atoms with van der Waals surface area (Å²) in [5.74, 6) is 0.0858. The van der Waals surface area contributed by atoms with E-state index in [9.17, 15) is 9.59 Å². The Morgan fingerprint density at radius 2 is 2.00 bits per heavy atom. The molecule has 116 valence electrons. The van der Waals surface area contributed by atoms with Gasteiger partial charge in [-0.05, 0) is 30.2 Å². The van der Waals surface area contributed by atoms with Crippen LogP contribution in [0.15, 0.2) is 64.0 Å². The molecule has 0 bridgehead atoms. The quantitative estimate of drug-likeness (QED) is 0.754. The Morgan fingerprint density at radius 3 is 2.74 bits per heavy atom. The highest BCUT2D eigenvalue weighted by Gasteiger charge is 2.11. The van der Waals surface area contributed by atoms with Crippen LogP contribution < -0.4 is 11.0 Å². The van der Waals surface area contributed by atoms with E-state index in [4.69, 9.17) is 4.42 Å². The number of carbonyl (C=O) groups is 1. The highest BCUT2D eigenvalue weighted by atomic mass is 16.3. The maximum atomic E-state index is 12.2. The first-order valence-electron chi connectivity index (χ1n) is 7.20. The van der Waals surface area contributed by atoms with Gasteiger partial charge < -0.3 is 14.7 Å². The second-order valence-corrected chi connectivity index (χ2v) is 4.95. The number of amides is 1. The minimum Gasteiger partial charge on any atom is -0.463 e. The summed E-state index contributed by atoms with van der Waals surface area (Å²) in [6.45, 7) is 0.466. The number of carbonyl (C=O) groups excluding carboxylic acids is 1. The van der Waals surface area contributed by atoms with E-state index in [2.05, 4.69) is 15.3 Å². The molecule has 0 saturated heterocycles. The van der Waals surface area contributed by atoms with Crippen LogP contribution in [0, 0.1) is 0 Å². The first kappa shape index (κ1) is 14.8. The topological polar surface area (TPSA) is 88.0 Å². The monoisotopic (exact) mass is 309 g/mol. The first-order chi connectivity index (χ1) is 11.2. The standard InChI is InChI=1S/C17H15N3O3/c21-16(18-9-8-12-5-2-1-3-6-12)14-11-13(19-17(22)20-14)15-7-4-10-23-15/h1-7,10-11H,8-9H2,(H,18,21)(H,19,20,22). The lowest BCUT2D eigenvalue weighted by Gasteiger charge is -2.05. The first-order valence-corrected chi connectivity index (χ1v) is 7.20. The van der Waals surface area contributed by atoms with Gasteiger partial charge in [0.05, 0.1) is 12.0 Å².